The van der Waals surface area contributed by atoms with Gasteiger partial charge in [0.25, 0.3) is 0 Å². The SMILES string of the molecule is c1ccc(-c2nnc(-c3cccc4oc5cc6c(cc5c34)-c3cccc4cccc-6c34)s2)cc1. The van der Waals surface area contributed by atoms with Gasteiger partial charge in [-0.2, -0.15) is 0 Å². The minimum atomic E-state index is 0.874. The topological polar surface area (TPSA) is 38.9 Å². The minimum absolute atomic E-state index is 0.874. The number of benzene rings is 5. The molecule has 3 nitrogen and oxygen atoms in total. The highest BCUT2D eigenvalue weighted by Gasteiger charge is 2.24. The molecule has 0 bridgehead atoms. The maximum absolute atomic E-state index is 6.38. The molecule has 34 heavy (non-hydrogen) atoms. The molecule has 0 saturated carbocycles. The fraction of sp³-hybridized carbons (Fsp3) is 0. The summed E-state index contributed by atoms with van der Waals surface area (Å²) in [6.45, 7) is 0. The van der Waals surface area contributed by atoms with Crippen molar-refractivity contribution in [1.82, 2.24) is 10.2 Å². The number of aromatic nitrogens is 2. The summed E-state index contributed by atoms with van der Waals surface area (Å²) in [5, 5.41) is 15.7. The number of hydrogen-bond donors (Lipinski definition) is 0. The van der Waals surface area contributed by atoms with E-state index >= 15 is 0 Å². The number of rotatable bonds is 2. The van der Waals surface area contributed by atoms with Crippen molar-refractivity contribution in [2.75, 3.05) is 0 Å². The Morgan fingerprint density at radius 3 is 2.06 bits per heavy atom. The van der Waals surface area contributed by atoms with E-state index in [0.29, 0.717) is 0 Å². The van der Waals surface area contributed by atoms with Gasteiger partial charge in [-0.05, 0) is 51.2 Å². The van der Waals surface area contributed by atoms with E-state index in [9.17, 15) is 0 Å². The molecule has 0 saturated heterocycles. The van der Waals surface area contributed by atoms with Gasteiger partial charge in [0.1, 0.15) is 21.2 Å². The van der Waals surface area contributed by atoms with Gasteiger partial charge in [-0.15, -0.1) is 10.2 Å². The van der Waals surface area contributed by atoms with Crippen molar-refractivity contribution in [3.8, 4) is 43.4 Å². The first-order valence-electron chi connectivity index (χ1n) is 11.3. The summed E-state index contributed by atoms with van der Waals surface area (Å²) in [6, 6.07) is 34.0. The highest BCUT2D eigenvalue weighted by atomic mass is 32.1. The van der Waals surface area contributed by atoms with Crippen LogP contribution in [0.3, 0.4) is 0 Å². The van der Waals surface area contributed by atoms with E-state index in [2.05, 4.69) is 76.9 Å². The van der Waals surface area contributed by atoms with Crippen LogP contribution in [0.15, 0.2) is 101 Å². The second-order valence-corrected chi connectivity index (χ2v) is 9.64. The van der Waals surface area contributed by atoms with Crippen LogP contribution in [-0.2, 0) is 0 Å². The first-order chi connectivity index (χ1) is 16.8. The Kier molecular flexibility index (Phi) is 3.54. The third kappa shape index (κ3) is 2.40. The van der Waals surface area contributed by atoms with Crippen LogP contribution in [0.5, 0.6) is 0 Å². The van der Waals surface area contributed by atoms with Gasteiger partial charge in [0.05, 0.1) is 0 Å². The van der Waals surface area contributed by atoms with Crippen LogP contribution >= 0.6 is 11.3 Å². The zero-order chi connectivity index (χ0) is 22.2. The van der Waals surface area contributed by atoms with Crippen molar-refractivity contribution in [3.63, 3.8) is 0 Å². The van der Waals surface area contributed by atoms with Gasteiger partial charge in [0, 0.05) is 21.9 Å². The molecule has 0 radical (unpaired) electrons. The lowest BCUT2D eigenvalue weighted by atomic mass is 9.99. The van der Waals surface area contributed by atoms with Crippen molar-refractivity contribution in [1.29, 1.82) is 0 Å². The summed E-state index contributed by atoms with van der Waals surface area (Å²) >= 11 is 1.61. The maximum atomic E-state index is 6.38. The van der Waals surface area contributed by atoms with Crippen LogP contribution < -0.4 is 0 Å². The molecule has 7 aromatic rings. The summed E-state index contributed by atoms with van der Waals surface area (Å²) in [5.41, 5.74) is 8.99. The predicted molar refractivity (Wildman–Crippen MR) is 140 cm³/mol. The number of hydrogen-bond acceptors (Lipinski definition) is 4. The second-order valence-electron chi connectivity index (χ2n) is 8.66. The Labute approximate surface area is 198 Å². The van der Waals surface area contributed by atoms with E-state index in [1.54, 1.807) is 11.3 Å². The summed E-state index contributed by atoms with van der Waals surface area (Å²) < 4.78 is 6.38. The molecule has 5 aromatic carbocycles. The summed E-state index contributed by atoms with van der Waals surface area (Å²) in [7, 11) is 0. The molecule has 0 fully saturated rings. The van der Waals surface area contributed by atoms with E-state index in [1.807, 2.05) is 30.3 Å². The first kappa shape index (κ1) is 18.2. The highest BCUT2D eigenvalue weighted by Crippen LogP contribution is 2.50. The molecule has 0 unspecified atom stereocenters. The van der Waals surface area contributed by atoms with Gasteiger partial charge < -0.3 is 4.42 Å². The first-order valence-corrected chi connectivity index (χ1v) is 12.1. The van der Waals surface area contributed by atoms with Crippen molar-refractivity contribution >= 4 is 44.0 Å². The number of nitrogens with zero attached hydrogens (tertiary/aromatic N) is 2. The van der Waals surface area contributed by atoms with Crippen molar-refractivity contribution in [2.24, 2.45) is 0 Å². The normalized spacial score (nSPS) is 12.1. The predicted octanol–water partition coefficient (Wildman–Crippen LogP) is 8.57. The Morgan fingerprint density at radius 1 is 0.529 bits per heavy atom. The van der Waals surface area contributed by atoms with Crippen LogP contribution in [0, 0.1) is 0 Å². The molecule has 4 heteroatoms. The summed E-state index contributed by atoms with van der Waals surface area (Å²) in [5.74, 6) is 0. The van der Waals surface area contributed by atoms with Gasteiger partial charge in [0.15, 0.2) is 0 Å². The fourth-order valence-electron chi connectivity index (χ4n) is 5.32. The standard InChI is InChI=1S/C30H16N2OS/c1-2-7-18(8-3-1)29-31-32-30(34-29)21-13-6-14-25-28(21)24-15-22-19-11-4-9-17-10-5-12-20(27(17)19)23(22)16-26(24)33-25/h1-16H. The Morgan fingerprint density at radius 2 is 1.24 bits per heavy atom. The molecule has 0 amide bonds. The monoisotopic (exact) mass is 452 g/mol. The van der Waals surface area contributed by atoms with Crippen molar-refractivity contribution in [2.45, 2.75) is 0 Å². The molecule has 1 aliphatic carbocycles. The van der Waals surface area contributed by atoms with Gasteiger partial charge in [0.2, 0.25) is 0 Å². The average Bonchev–Trinajstić information content (AvgIpc) is 3.59. The second kappa shape index (κ2) is 6.62. The lowest BCUT2D eigenvalue weighted by Gasteiger charge is -2.03. The zero-order valence-electron chi connectivity index (χ0n) is 17.9. The van der Waals surface area contributed by atoms with Crippen molar-refractivity contribution in [3.05, 3.63) is 97.1 Å². The smallest absolute Gasteiger partial charge is 0.148 e. The van der Waals surface area contributed by atoms with Gasteiger partial charge in [-0.25, -0.2) is 0 Å². The fourth-order valence-corrected chi connectivity index (χ4v) is 6.20. The zero-order valence-corrected chi connectivity index (χ0v) is 18.8. The molecular weight excluding hydrogens is 436 g/mol. The molecule has 0 atom stereocenters. The van der Waals surface area contributed by atoms with Crippen LogP contribution in [0.4, 0.5) is 0 Å². The summed E-state index contributed by atoms with van der Waals surface area (Å²) in [6.07, 6.45) is 0. The third-order valence-corrected chi connectivity index (χ3v) is 7.80. The molecule has 158 valence electrons. The number of furan rings is 1. The van der Waals surface area contributed by atoms with Crippen LogP contribution in [0.1, 0.15) is 0 Å². The maximum Gasteiger partial charge on any atom is 0.148 e. The third-order valence-electron chi connectivity index (χ3n) is 6.80. The highest BCUT2D eigenvalue weighted by molar-refractivity contribution is 7.18. The van der Waals surface area contributed by atoms with Gasteiger partial charge in [-0.1, -0.05) is 90.2 Å². The molecule has 2 heterocycles. The molecule has 1 aliphatic rings. The summed E-state index contributed by atoms with van der Waals surface area (Å²) in [4.78, 5) is 0. The average molecular weight is 453 g/mol. The van der Waals surface area contributed by atoms with Gasteiger partial charge >= 0.3 is 0 Å². The molecule has 0 aliphatic heterocycles. The minimum Gasteiger partial charge on any atom is -0.456 e. The molecule has 2 aromatic heterocycles. The van der Waals surface area contributed by atoms with Crippen LogP contribution in [0.25, 0.3) is 76.1 Å². The Hall–Kier alpha value is -4.28. The molecular formula is C30H16N2OS. The van der Waals surface area contributed by atoms with E-state index < -0.39 is 0 Å². The van der Waals surface area contributed by atoms with Gasteiger partial charge in [-0.3, -0.25) is 0 Å². The Balaban J connectivity index is 1.39. The van der Waals surface area contributed by atoms with E-state index in [4.69, 9.17) is 4.42 Å². The lowest BCUT2D eigenvalue weighted by Crippen LogP contribution is -1.80. The molecule has 0 N–H and O–H groups in total. The quantitative estimate of drug-likeness (QED) is 0.264. The van der Waals surface area contributed by atoms with E-state index in [1.165, 1.54) is 33.0 Å². The van der Waals surface area contributed by atoms with Crippen LogP contribution in [-0.4, -0.2) is 10.2 Å². The van der Waals surface area contributed by atoms with E-state index in [-0.39, 0.29) is 0 Å². The number of fused-ring (bicyclic) bond motifs is 6. The molecule has 8 rings (SSSR count). The molecule has 0 spiro atoms. The van der Waals surface area contributed by atoms with Crippen LogP contribution in [0.2, 0.25) is 0 Å². The van der Waals surface area contributed by atoms with Crippen molar-refractivity contribution < 1.29 is 4.42 Å². The Bertz CT molecular complexity index is 1910. The van der Waals surface area contributed by atoms with E-state index in [0.717, 1.165) is 43.1 Å². The lowest BCUT2D eigenvalue weighted by molar-refractivity contribution is 0.669. The largest absolute Gasteiger partial charge is 0.456 e.